The maximum atomic E-state index is 12.7. The van der Waals surface area contributed by atoms with Crippen LogP contribution in [-0.4, -0.2) is 4.57 Å². The van der Waals surface area contributed by atoms with E-state index in [1.54, 1.807) is 0 Å². The molecule has 0 saturated heterocycles. The number of hydrogen-bond acceptors (Lipinski definition) is 2. The Bertz CT molecular complexity index is 682. The van der Waals surface area contributed by atoms with Gasteiger partial charge in [-0.05, 0) is 42.5 Å². The summed E-state index contributed by atoms with van der Waals surface area (Å²) in [6.07, 6.45) is 1.02. The molecule has 118 valence electrons. The molecule has 0 radical (unpaired) electrons. The second-order valence-corrected chi connectivity index (χ2v) is 6.32. The summed E-state index contributed by atoms with van der Waals surface area (Å²) in [7, 11) is 0. The predicted molar refractivity (Wildman–Crippen MR) is 93.0 cm³/mol. The minimum atomic E-state index is -0.248. The van der Waals surface area contributed by atoms with Crippen LogP contribution in [0.4, 0.5) is 0 Å². The first-order valence-corrected chi connectivity index (χ1v) is 8.02. The Morgan fingerprint density at radius 1 is 1.05 bits per heavy atom. The van der Waals surface area contributed by atoms with Crippen LogP contribution in [0, 0.1) is 5.92 Å². The lowest BCUT2D eigenvalue weighted by atomic mass is 10.0. The average molecular weight is 298 g/mol. The maximum Gasteiger partial charge on any atom is 0.255 e. The zero-order valence-electron chi connectivity index (χ0n) is 14.0. The van der Waals surface area contributed by atoms with Gasteiger partial charge in [0.1, 0.15) is 0 Å². The SMILES string of the molecule is CCc1ccc(-c2ccc(C(C)N)c(=O)n2CC(C)C)cc1. The van der Waals surface area contributed by atoms with E-state index in [2.05, 4.69) is 45.0 Å². The minimum absolute atomic E-state index is 0.0285. The lowest BCUT2D eigenvalue weighted by Crippen LogP contribution is -2.29. The van der Waals surface area contributed by atoms with Gasteiger partial charge in [0.05, 0.1) is 5.69 Å². The van der Waals surface area contributed by atoms with E-state index < -0.39 is 0 Å². The maximum absolute atomic E-state index is 12.7. The summed E-state index contributed by atoms with van der Waals surface area (Å²) < 4.78 is 1.87. The summed E-state index contributed by atoms with van der Waals surface area (Å²) in [6, 6.07) is 12.1. The normalized spacial score (nSPS) is 12.6. The van der Waals surface area contributed by atoms with Crippen LogP contribution in [-0.2, 0) is 13.0 Å². The first-order chi connectivity index (χ1) is 10.4. The summed E-state index contributed by atoms with van der Waals surface area (Å²) in [6.45, 7) is 8.93. The molecule has 0 saturated carbocycles. The van der Waals surface area contributed by atoms with Gasteiger partial charge in [-0.3, -0.25) is 4.79 Å². The van der Waals surface area contributed by atoms with Crippen LogP contribution < -0.4 is 11.3 Å². The highest BCUT2D eigenvalue weighted by atomic mass is 16.1. The average Bonchev–Trinajstić information content (AvgIpc) is 2.48. The second-order valence-electron chi connectivity index (χ2n) is 6.32. The van der Waals surface area contributed by atoms with E-state index in [0.717, 1.165) is 17.7 Å². The van der Waals surface area contributed by atoms with Gasteiger partial charge in [-0.15, -0.1) is 0 Å². The molecule has 22 heavy (non-hydrogen) atoms. The van der Waals surface area contributed by atoms with Gasteiger partial charge in [0, 0.05) is 18.2 Å². The number of aromatic nitrogens is 1. The van der Waals surface area contributed by atoms with Gasteiger partial charge in [0.15, 0.2) is 0 Å². The van der Waals surface area contributed by atoms with E-state index >= 15 is 0 Å². The van der Waals surface area contributed by atoms with Gasteiger partial charge >= 0.3 is 0 Å². The summed E-state index contributed by atoms with van der Waals surface area (Å²) in [5.74, 6) is 0.398. The molecule has 2 aromatic rings. The van der Waals surface area contributed by atoms with Gasteiger partial charge in [0.2, 0.25) is 0 Å². The molecule has 3 nitrogen and oxygen atoms in total. The summed E-state index contributed by atoms with van der Waals surface area (Å²) in [4.78, 5) is 12.7. The first kappa shape index (κ1) is 16.5. The van der Waals surface area contributed by atoms with Crippen LogP contribution >= 0.6 is 0 Å². The van der Waals surface area contributed by atoms with Crippen molar-refractivity contribution in [2.75, 3.05) is 0 Å². The Balaban J connectivity index is 2.58. The highest BCUT2D eigenvalue weighted by Gasteiger charge is 2.13. The van der Waals surface area contributed by atoms with Gasteiger partial charge in [-0.2, -0.15) is 0 Å². The van der Waals surface area contributed by atoms with Crippen LogP contribution in [0.5, 0.6) is 0 Å². The summed E-state index contributed by atoms with van der Waals surface area (Å²) in [5, 5.41) is 0. The molecule has 2 rings (SSSR count). The fourth-order valence-electron chi connectivity index (χ4n) is 2.65. The zero-order valence-corrected chi connectivity index (χ0v) is 14.0. The molecule has 1 aromatic heterocycles. The standard InChI is InChI=1S/C19H26N2O/c1-5-15-6-8-16(9-7-15)18-11-10-17(14(4)20)19(22)21(18)12-13(2)3/h6-11,13-14H,5,12,20H2,1-4H3. The fourth-order valence-corrected chi connectivity index (χ4v) is 2.65. The van der Waals surface area contributed by atoms with E-state index in [1.165, 1.54) is 5.56 Å². The molecule has 0 aliphatic rings. The fraction of sp³-hybridized carbons (Fsp3) is 0.421. The van der Waals surface area contributed by atoms with Crippen LogP contribution in [0.1, 0.15) is 44.9 Å². The van der Waals surface area contributed by atoms with Crippen LogP contribution in [0.25, 0.3) is 11.3 Å². The van der Waals surface area contributed by atoms with Gasteiger partial charge in [-0.1, -0.05) is 45.0 Å². The van der Waals surface area contributed by atoms with Gasteiger partial charge in [-0.25, -0.2) is 0 Å². The molecule has 1 heterocycles. The molecule has 0 aliphatic carbocycles. The summed E-state index contributed by atoms with van der Waals surface area (Å²) in [5.41, 5.74) is 9.97. The lowest BCUT2D eigenvalue weighted by molar-refractivity contribution is 0.510. The second kappa shape index (κ2) is 6.93. The molecule has 1 aromatic carbocycles. The Hall–Kier alpha value is -1.87. The van der Waals surface area contributed by atoms with E-state index in [1.807, 2.05) is 23.6 Å². The highest BCUT2D eigenvalue weighted by molar-refractivity contribution is 5.60. The predicted octanol–water partition coefficient (Wildman–Crippen LogP) is 3.75. The van der Waals surface area contributed by atoms with Crippen molar-refractivity contribution < 1.29 is 0 Å². The smallest absolute Gasteiger partial charge is 0.255 e. The molecule has 0 spiro atoms. The molecule has 0 bridgehead atoms. The van der Waals surface area contributed by atoms with Gasteiger partial charge in [0.25, 0.3) is 5.56 Å². The van der Waals surface area contributed by atoms with Crippen molar-refractivity contribution >= 4 is 0 Å². The summed E-state index contributed by atoms with van der Waals surface area (Å²) >= 11 is 0. The lowest BCUT2D eigenvalue weighted by Gasteiger charge is -2.18. The largest absolute Gasteiger partial charge is 0.324 e. The van der Waals surface area contributed by atoms with Gasteiger partial charge < -0.3 is 10.3 Å². The Labute approximate surface area is 132 Å². The molecular formula is C19H26N2O. The van der Waals surface area contributed by atoms with Crippen molar-refractivity contribution in [1.82, 2.24) is 4.57 Å². The van der Waals surface area contributed by atoms with Crippen molar-refractivity contribution in [3.05, 3.63) is 57.9 Å². The number of nitrogens with two attached hydrogens (primary N) is 1. The molecule has 1 atom stereocenters. The number of hydrogen-bond donors (Lipinski definition) is 1. The number of nitrogens with zero attached hydrogens (tertiary/aromatic N) is 1. The van der Waals surface area contributed by atoms with Crippen LogP contribution in [0.15, 0.2) is 41.2 Å². The Morgan fingerprint density at radius 3 is 2.18 bits per heavy atom. The zero-order chi connectivity index (χ0) is 16.3. The number of pyridine rings is 1. The third kappa shape index (κ3) is 3.47. The molecule has 0 amide bonds. The van der Waals surface area contributed by atoms with E-state index in [-0.39, 0.29) is 11.6 Å². The molecule has 0 aliphatic heterocycles. The van der Waals surface area contributed by atoms with Crippen molar-refractivity contribution in [3.63, 3.8) is 0 Å². The number of rotatable bonds is 5. The number of benzene rings is 1. The highest BCUT2D eigenvalue weighted by Crippen LogP contribution is 2.21. The topological polar surface area (TPSA) is 48.0 Å². The van der Waals surface area contributed by atoms with E-state index in [9.17, 15) is 4.79 Å². The molecule has 1 unspecified atom stereocenters. The molecule has 3 heteroatoms. The quantitative estimate of drug-likeness (QED) is 0.913. The van der Waals surface area contributed by atoms with Crippen molar-refractivity contribution in [2.45, 2.75) is 46.7 Å². The molecule has 2 N–H and O–H groups in total. The van der Waals surface area contributed by atoms with E-state index in [4.69, 9.17) is 5.73 Å². The minimum Gasteiger partial charge on any atom is -0.324 e. The monoisotopic (exact) mass is 298 g/mol. The molecule has 0 fully saturated rings. The Kier molecular flexibility index (Phi) is 5.19. The van der Waals surface area contributed by atoms with Crippen LogP contribution in [0.2, 0.25) is 0 Å². The Morgan fingerprint density at radius 2 is 1.68 bits per heavy atom. The van der Waals surface area contributed by atoms with E-state index in [0.29, 0.717) is 18.0 Å². The van der Waals surface area contributed by atoms with Crippen LogP contribution in [0.3, 0.4) is 0 Å². The number of aryl methyl sites for hydroxylation is 1. The van der Waals surface area contributed by atoms with Crippen molar-refractivity contribution in [2.24, 2.45) is 11.7 Å². The third-order valence-electron chi connectivity index (χ3n) is 3.90. The van der Waals surface area contributed by atoms with Crippen molar-refractivity contribution in [1.29, 1.82) is 0 Å². The first-order valence-electron chi connectivity index (χ1n) is 8.02. The third-order valence-corrected chi connectivity index (χ3v) is 3.90. The molecular weight excluding hydrogens is 272 g/mol. The van der Waals surface area contributed by atoms with Crippen molar-refractivity contribution in [3.8, 4) is 11.3 Å².